The summed E-state index contributed by atoms with van der Waals surface area (Å²) in [5.41, 5.74) is 1.33. The van der Waals surface area contributed by atoms with Crippen LogP contribution in [0.4, 0.5) is 4.39 Å². The molecule has 0 N–H and O–H groups in total. The maximum absolute atomic E-state index is 13.5. The summed E-state index contributed by atoms with van der Waals surface area (Å²) in [6, 6.07) is 15.2. The van der Waals surface area contributed by atoms with Crippen LogP contribution in [0.15, 0.2) is 75.1 Å². The number of hydrogen-bond acceptors (Lipinski definition) is 7. The van der Waals surface area contributed by atoms with Gasteiger partial charge in [-0.05, 0) is 41.8 Å². The lowest BCUT2D eigenvalue weighted by molar-refractivity contribution is 0.596. The van der Waals surface area contributed by atoms with E-state index in [1.807, 2.05) is 0 Å². The van der Waals surface area contributed by atoms with E-state index < -0.39 is 29.7 Å². The minimum absolute atomic E-state index is 0.103. The van der Waals surface area contributed by atoms with Gasteiger partial charge in [-0.15, -0.1) is 22.7 Å². The van der Waals surface area contributed by atoms with Crippen molar-refractivity contribution in [3.05, 3.63) is 76.9 Å². The first kappa shape index (κ1) is 23.2. The van der Waals surface area contributed by atoms with Gasteiger partial charge in [-0.25, -0.2) is 26.2 Å². The van der Waals surface area contributed by atoms with E-state index in [1.54, 1.807) is 29.6 Å². The van der Waals surface area contributed by atoms with Gasteiger partial charge in [-0.1, -0.05) is 40.2 Å². The van der Waals surface area contributed by atoms with E-state index in [1.165, 1.54) is 36.4 Å². The van der Waals surface area contributed by atoms with Gasteiger partial charge >= 0.3 is 0 Å². The minimum atomic E-state index is -3.76. The van der Waals surface area contributed by atoms with E-state index in [-0.39, 0.29) is 14.1 Å². The molecule has 32 heavy (non-hydrogen) atoms. The molecule has 166 valence electrons. The van der Waals surface area contributed by atoms with Crippen LogP contribution in [-0.4, -0.2) is 28.1 Å². The van der Waals surface area contributed by atoms with E-state index in [9.17, 15) is 21.2 Å². The molecule has 0 aliphatic carbocycles. The summed E-state index contributed by atoms with van der Waals surface area (Å²) in [5, 5.41) is 1.92. The van der Waals surface area contributed by atoms with Crippen molar-refractivity contribution in [3.63, 3.8) is 0 Å². The Morgan fingerprint density at radius 1 is 0.969 bits per heavy atom. The van der Waals surface area contributed by atoms with E-state index in [2.05, 4.69) is 20.9 Å². The van der Waals surface area contributed by atoms with E-state index in [4.69, 9.17) is 0 Å². The predicted octanol–water partition coefficient (Wildman–Crippen LogP) is 5.95. The lowest BCUT2D eigenvalue weighted by Gasteiger charge is -2.08. The molecular formula is C21H15BrFNO4S4. The van der Waals surface area contributed by atoms with Crippen LogP contribution < -0.4 is 0 Å². The highest BCUT2D eigenvalue weighted by Crippen LogP contribution is 2.45. The SMILES string of the molecule is CS(=O)(=O)c1ccccc1-c1sc(C(Br)S(=O)(=O)c2cccs2)nc1-c1ccc(F)cc1. The van der Waals surface area contributed by atoms with Gasteiger partial charge in [0.05, 0.1) is 15.5 Å². The van der Waals surface area contributed by atoms with Crippen LogP contribution >= 0.6 is 38.6 Å². The Morgan fingerprint density at radius 3 is 2.28 bits per heavy atom. The molecule has 0 spiro atoms. The van der Waals surface area contributed by atoms with Crippen LogP contribution in [0, 0.1) is 5.82 Å². The maximum Gasteiger partial charge on any atom is 0.207 e. The quantitative estimate of drug-likeness (QED) is 0.267. The summed E-state index contributed by atoms with van der Waals surface area (Å²) in [5.74, 6) is -0.430. The van der Waals surface area contributed by atoms with Gasteiger partial charge in [0.1, 0.15) is 15.0 Å². The molecule has 0 aliphatic rings. The van der Waals surface area contributed by atoms with Crippen LogP contribution in [0.3, 0.4) is 0 Å². The highest BCUT2D eigenvalue weighted by atomic mass is 79.9. The second-order valence-corrected chi connectivity index (χ2v) is 14.5. The van der Waals surface area contributed by atoms with Gasteiger partial charge in [0.25, 0.3) is 0 Å². The molecule has 1 unspecified atom stereocenters. The van der Waals surface area contributed by atoms with Gasteiger partial charge in [-0.2, -0.15) is 0 Å². The summed E-state index contributed by atoms with van der Waals surface area (Å²) in [4.78, 5) is 5.15. The van der Waals surface area contributed by atoms with Crippen molar-refractivity contribution < 1.29 is 21.2 Å². The first-order chi connectivity index (χ1) is 15.1. The number of hydrogen-bond donors (Lipinski definition) is 0. The Kier molecular flexibility index (Phi) is 6.38. The monoisotopic (exact) mass is 571 g/mol. The zero-order chi connectivity index (χ0) is 23.1. The number of aromatic nitrogens is 1. The fourth-order valence-electron chi connectivity index (χ4n) is 3.06. The second kappa shape index (κ2) is 8.79. The molecular weight excluding hydrogens is 557 g/mol. The van der Waals surface area contributed by atoms with Crippen molar-refractivity contribution in [2.24, 2.45) is 0 Å². The smallest absolute Gasteiger partial charge is 0.207 e. The number of nitrogens with zero attached hydrogens (tertiary/aromatic N) is 1. The molecule has 4 rings (SSSR count). The number of alkyl halides is 1. The average Bonchev–Trinajstić information content (AvgIpc) is 3.44. The lowest BCUT2D eigenvalue weighted by atomic mass is 10.1. The van der Waals surface area contributed by atoms with Crippen LogP contribution in [0.2, 0.25) is 0 Å². The molecule has 5 nitrogen and oxygen atoms in total. The van der Waals surface area contributed by atoms with Crippen LogP contribution in [0.5, 0.6) is 0 Å². The summed E-state index contributed by atoms with van der Waals surface area (Å²) >= 11 is 5.46. The normalized spacial score (nSPS) is 13.2. The van der Waals surface area contributed by atoms with Crippen LogP contribution in [0.1, 0.15) is 9.17 Å². The summed E-state index contributed by atoms with van der Waals surface area (Å²) in [6.07, 6.45) is 1.11. The van der Waals surface area contributed by atoms with Crippen molar-refractivity contribution >= 4 is 58.3 Å². The number of rotatable bonds is 6. The van der Waals surface area contributed by atoms with Crippen LogP contribution in [0.25, 0.3) is 21.7 Å². The summed E-state index contributed by atoms with van der Waals surface area (Å²) in [6.45, 7) is 0. The Balaban J connectivity index is 1.95. The molecule has 2 heterocycles. The zero-order valence-corrected chi connectivity index (χ0v) is 21.2. The zero-order valence-electron chi connectivity index (χ0n) is 16.4. The standard InChI is InChI=1S/C21H15BrFNO4S4/c1-31(25,26)16-6-3-2-5-15(16)19-18(13-8-10-14(23)11-9-13)24-21(30-19)20(22)32(27,28)17-7-4-12-29-17/h2-12,20H,1H3. The third-order valence-corrected chi connectivity index (χ3v) is 12.3. The summed E-state index contributed by atoms with van der Waals surface area (Å²) in [7, 11) is -7.33. The van der Waals surface area contributed by atoms with E-state index in [0.717, 1.165) is 28.9 Å². The molecule has 2 aromatic carbocycles. The molecule has 0 radical (unpaired) electrons. The maximum atomic E-state index is 13.5. The topological polar surface area (TPSA) is 81.2 Å². The molecule has 4 aromatic rings. The number of thiophene rings is 1. The Labute approximate surface area is 201 Å². The Hall–Kier alpha value is -1.92. The van der Waals surface area contributed by atoms with Crippen LogP contribution in [-0.2, 0) is 19.7 Å². The average molecular weight is 573 g/mol. The van der Waals surface area contributed by atoms with Crippen molar-refractivity contribution in [3.8, 4) is 21.7 Å². The summed E-state index contributed by atoms with van der Waals surface area (Å²) < 4.78 is 63.5. The van der Waals surface area contributed by atoms with Crippen molar-refractivity contribution in [2.45, 2.75) is 13.3 Å². The lowest BCUT2D eigenvalue weighted by Crippen LogP contribution is -2.06. The highest BCUT2D eigenvalue weighted by Gasteiger charge is 2.32. The predicted molar refractivity (Wildman–Crippen MR) is 129 cm³/mol. The molecule has 2 aromatic heterocycles. The number of benzene rings is 2. The Bertz CT molecular complexity index is 1480. The second-order valence-electron chi connectivity index (χ2n) is 6.80. The molecule has 0 aliphatic heterocycles. The largest absolute Gasteiger partial charge is 0.238 e. The van der Waals surface area contributed by atoms with E-state index in [0.29, 0.717) is 21.7 Å². The Morgan fingerprint density at radius 2 is 1.66 bits per heavy atom. The third kappa shape index (κ3) is 4.44. The molecule has 0 amide bonds. The number of halogens is 2. The van der Waals surface area contributed by atoms with Crippen molar-refractivity contribution in [2.75, 3.05) is 6.26 Å². The molecule has 0 saturated heterocycles. The highest BCUT2D eigenvalue weighted by molar-refractivity contribution is 9.10. The van der Waals surface area contributed by atoms with E-state index >= 15 is 0 Å². The number of sulfone groups is 2. The van der Waals surface area contributed by atoms with Gasteiger partial charge in [0.15, 0.2) is 14.0 Å². The van der Waals surface area contributed by atoms with Crippen molar-refractivity contribution in [1.82, 2.24) is 4.98 Å². The third-order valence-electron chi connectivity index (χ3n) is 4.53. The van der Waals surface area contributed by atoms with Gasteiger partial charge < -0.3 is 0 Å². The minimum Gasteiger partial charge on any atom is -0.238 e. The first-order valence-electron chi connectivity index (χ1n) is 9.06. The van der Waals surface area contributed by atoms with Gasteiger partial charge in [0, 0.05) is 17.4 Å². The molecule has 0 saturated carbocycles. The van der Waals surface area contributed by atoms with Gasteiger partial charge in [0.2, 0.25) is 9.84 Å². The fraction of sp³-hybridized carbons (Fsp3) is 0.0952. The first-order valence-corrected chi connectivity index (χ1v) is 15.1. The number of thiazole rings is 1. The van der Waals surface area contributed by atoms with Crippen molar-refractivity contribution in [1.29, 1.82) is 0 Å². The molecule has 11 heteroatoms. The molecule has 1 atom stereocenters. The fourth-order valence-corrected chi connectivity index (χ4v) is 9.12. The van der Waals surface area contributed by atoms with Gasteiger partial charge in [-0.3, -0.25) is 0 Å². The molecule has 0 fully saturated rings. The molecule has 0 bridgehead atoms.